The number of aromatic nitrogens is 1. The Morgan fingerprint density at radius 3 is 2.72 bits per heavy atom. The maximum absolute atomic E-state index is 8.63. The number of hydrogen-bond acceptors (Lipinski definition) is 3. The zero-order valence-electron chi connectivity index (χ0n) is 10.5. The summed E-state index contributed by atoms with van der Waals surface area (Å²) in [6.07, 6.45) is 4.01. The molecule has 3 heteroatoms. The van der Waals surface area contributed by atoms with Gasteiger partial charge in [-0.2, -0.15) is 5.26 Å². The first kappa shape index (κ1) is 12.8. The van der Waals surface area contributed by atoms with Gasteiger partial charge < -0.3 is 0 Å². The van der Waals surface area contributed by atoms with Crippen molar-refractivity contribution in [1.29, 1.82) is 5.26 Å². The minimum atomic E-state index is 0.402. The molecule has 18 heavy (non-hydrogen) atoms. The van der Waals surface area contributed by atoms with Crippen molar-refractivity contribution in [1.82, 2.24) is 4.98 Å². The second kappa shape index (κ2) is 6.32. The van der Waals surface area contributed by atoms with Crippen molar-refractivity contribution < 1.29 is 0 Å². The number of thiazole rings is 1. The van der Waals surface area contributed by atoms with Crippen LogP contribution in [0.5, 0.6) is 0 Å². The van der Waals surface area contributed by atoms with Gasteiger partial charge in [0.05, 0.1) is 18.2 Å². The van der Waals surface area contributed by atoms with Gasteiger partial charge in [-0.3, -0.25) is 0 Å². The molecule has 1 aromatic heterocycles. The minimum absolute atomic E-state index is 0.402. The van der Waals surface area contributed by atoms with Crippen LogP contribution in [0.2, 0.25) is 0 Å². The molecule has 0 aliphatic heterocycles. The summed E-state index contributed by atoms with van der Waals surface area (Å²) in [7, 11) is 0. The molecule has 0 fully saturated rings. The van der Waals surface area contributed by atoms with Gasteiger partial charge in [-0.1, -0.05) is 37.6 Å². The van der Waals surface area contributed by atoms with E-state index in [2.05, 4.69) is 42.2 Å². The fourth-order valence-corrected chi connectivity index (χ4v) is 2.55. The third-order valence-corrected chi connectivity index (χ3v) is 3.70. The fourth-order valence-electron chi connectivity index (χ4n) is 1.82. The molecule has 0 amide bonds. The van der Waals surface area contributed by atoms with Gasteiger partial charge in [0.15, 0.2) is 0 Å². The van der Waals surface area contributed by atoms with Crippen LogP contribution in [0.1, 0.15) is 30.3 Å². The monoisotopic (exact) mass is 256 g/mol. The van der Waals surface area contributed by atoms with Gasteiger partial charge in [0.1, 0.15) is 5.01 Å². The average molecular weight is 256 g/mol. The van der Waals surface area contributed by atoms with Crippen LogP contribution in [0, 0.1) is 11.3 Å². The third kappa shape index (κ3) is 3.18. The molecule has 0 bridgehead atoms. The number of benzene rings is 1. The first-order chi connectivity index (χ1) is 8.83. The normalized spacial score (nSPS) is 10.2. The molecular weight excluding hydrogens is 240 g/mol. The SMILES string of the molecule is CCCCc1ccc(-c2csc(CC#N)n2)cc1. The molecule has 2 aromatic rings. The Labute approximate surface area is 112 Å². The molecule has 0 atom stereocenters. The zero-order valence-corrected chi connectivity index (χ0v) is 11.3. The number of nitrogens with zero attached hydrogens (tertiary/aromatic N) is 2. The van der Waals surface area contributed by atoms with Crippen LogP contribution in [-0.4, -0.2) is 4.98 Å². The van der Waals surface area contributed by atoms with Crippen LogP contribution in [-0.2, 0) is 12.8 Å². The van der Waals surface area contributed by atoms with E-state index in [4.69, 9.17) is 5.26 Å². The van der Waals surface area contributed by atoms with Gasteiger partial charge in [0, 0.05) is 10.9 Å². The lowest BCUT2D eigenvalue weighted by Gasteiger charge is -2.01. The molecule has 92 valence electrons. The summed E-state index contributed by atoms with van der Waals surface area (Å²) in [5, 5.41) is 11.5. The van der Waals surface area contributed by atoms with E-state index in [-0.39, 0.29) is 0 Å². The van der Waals surface area contributed by atoms with Crippen molar-refractivity contribution >= 4 is 11.3 Å². The Morgan fingerprint density at radius 1 is 1.28 bits per heavy atom. The molecule has 0 saturated heterocycles. The topological polar surface area (TPSA) is 36.7 Å². The molecule has 2 nitrogen and oxygen atoms in total. The van der Waals surface area contributed by atoms with Gasteiger partial charge in [-0.05, 0) is 18.4 Å². The second-order valence-corrected chi connectivity index (χ2v) is 5.20. The highest BCUT2D eigenvalue weighted by Gasteiger charge is 2.04. The summed E-state index contributed by atoms with van der Waals surface area (Å²) in [6.45, 7) is 2.21. The van der Waals surface area contributed by atoms with E-state index in [0.717, 1.165) is 22.7 Å². The number of hydrogen-bond donors (Lipinski definition) is 0. The Balaban J connectivity index is 2.10. The van der Waals surface area contributed by atoms with Gasteiger partial charge in [-0.25, -0.2) is 4.98 Å². The molecule has 0 aliphatic carbocycles. The van der Waals surface area contributed by atoms with Crippen molar-refractivity contribution in [3.63, 3.8) is 0 Å². The predicted octanol–water partition coefficient (Wildman–Crippen LogP) is 4.22. The number of nitriles is 1. The number of rotatable bonds is 5. The predicted molar refractivity (Wildman–Crippen MR) is 75.5 cm³/mol. The first-order valence-corrected chi connectivity index (χ1v) is 7.12. The van der Waals surface area contributed by atoms with Crippen LogP contribution in [0.15, 0.2) is 29.6 Å². The molecule has 0 spiro atoms. The van der Waals surface area contributed by atoms with Crippen molar-refractivity contribution in [2.75, 3.05) is 0 Å². The van der Waals surface area contributed by atoms with E-state index in [1.54, 1.807) is 11.3 Å². The summed E-state index contributed by atoms with van der Waals surface area (Å²) in [4.78, 5) is 4.46. The zero-order chi connectivity index (χ0) is 12.8. The molecule has 0 unspecified atom stereocenters. The van der Waals surface area contributed by atoms with Crippen molar-refractivity contribution in [3.8, 4) is 17.3 Å². The Bertz CT molecular complexity index is 534. The van der Waals surface area contributed by atoms with Gasteiger partial charge in [0.25, 0.3) is 0 Å². The van der Waals surface area contributed by atoms with Crippen molar-refractivity contribution in [2.24, 2.45) is 0 Å². The van der Waals surface area contributed by atoms with Crippen LogP contribution in [0.4, 0.5) is 0 Å². The van der Waals surface area contributed by atoms with Crippen molar-refractivity contribution in [3.05, 3.63) is 40.2 Å². The molecule has 1 aromatic carbocycles. The van der Waals surface area contributed by atoms with E-state index >= 15 is 0 Å². The maximum atomic E-state index is 8.63. The third-order valence-electron chi connectivity index (χ3n) is 2.85. The lowest BCUT2D eigenvalue weighted by Crippen LogP contribution is -1.85. The van der Waals surface area contributed by atoms with Gasteiger partial charge in [-0.15, -0.1) is 11.3 Å². The lowest BCUT2D eigenvalue weighted by atomic mass is 10.1. The molecule has 0 radical (unpaired) electrons. The van der Waals surface area contributed by atoms with Crippen LogP contribution >= 0.6 is 11.3 Å². The van der Waals surface area contributed by atoms with Crippen LogP contribution in [0.3, 0.4) is 0 Å². The van der Waals surface area contributed by atoms with E-state index in [1.165, 1.54) is 18.4 Å². The second-order valence-electron chi connectivity index (χ2n) is 4.26. The Hall–Kier alpha value is -1.66. The standard InChI is InChI=1S/C15H16N2S/c1-2-3-4-12-5-7-13(8-6-12)14-11-18-15(17-14)9-10-16/h5-8,11H,2-4,9H2,1H3. The van der Waals surface area contributed by atoms with Crippen LogP contribution in [0.25, 0.3) is 11.3 Å². The largest absolute Gasteiger partial charge is 0.240 e. The van der Waals surface area contributed by atoms with E-state index in [9.17, 15) is 0 Å². The fraction of sp³-hybridized carbons (Fsp3) is 0.333. The molecule has 1 heterocycles. The quantitative estimate of drug-likeness (QED) is 0.803. The molecule has 2 rings (SSSR count). The summed E-state index contributed by atoms with van der Waals surface area (Å²) in [5.41, 5.74) is 3.50. The van der Waals surface area contributed by atoms with E-state index < -0.39 is 0 Å². The first-order valence-electron chi connectivity index (χ1n) is 6.24. The maximum Gasteiger partial charge on any atom is 0.107 e. The van der Waals surface area contributed by atoms with Crippen molar-refractivity contribution in [2.45, 2.75) is 32.6 Å². The Morgan fingerprint density at radius 2 is 2.06 bits per heavy atom. The van der Waals surface area contributed by atoms with E-state index in [0.29, 0.717) is 6.42 Å². The number of aryl methyl sites for hydroxylation is 1. The lowest BCUT2D eigenvalue weighted by molar-refractivity contribution is 0.795. The summed E-state index contributed by atoms with van der Waals surface area (Å²) >= 11 is 1.55. The smallest absolute Gasteiger partial charge is 0.107 e. The Kier molecular flexibility index (Phi) is 4.49. The van der Waals surface area contributed by atoms with Gasteiger partial charge >= 0.3 is 0 Å². The molecule has 0 N–H and O–H groups in total. The molecular formula is C15H16N2S. The molecule has 0 saturated carbocycles. The summed E-state index contributed by atoms with van der Waals surface area (Å²) in [5.74, 6) is 0. The number of unbranched alkanes of at least 4 members (excludes halogenated alkanes) is 1. The average Bonchev–Trinajstić information content (AvgIpc) is 2.86. The van der Waals surface area contributed by atoms with Gasteiger partial charge in [0.2, 0.25) is 0 Å². The highest BCUT2D eigenvalue weighted by molar-refractivity contribution is 7.10. The summed E-state index contributed by atoms with van der Waals surface area (Å²) in [6, 6.07) is 10.7. The summed E-state index contributed by atoms with van der Waals surface area (Å²) < 4.78 is 0. The van der Waals surface area contributed by atoms with Crippen LogP contribution < -0.4 is 0 Å². The van der Waals surface area contributed by atoms with E-state index in [1.807, 2.05) is 5.38 Å². The highest BCUT2D eigenvalue weighted by atomic mass is 32.1. The minimum Gasteiger partial charge on any atom is -0.240 e. The molecule has 0 aliphatic rings. The highest BCUT2D eigenvalue weighted by Crippen LogP contribution is 2.22.